The van der Waals surface area contributed by atoms with Gasteiger partial charge in [-0.2, -0.15) is 0 Å². The third-order valence-corrected chi connectivity index (χ3v) is 5.45. The predicted octanol–water partition coefficient (Wildman–Crippen LogP) is 4.68. The first-order valence-corrected chi connectivity index (χ1v) is 9.95. The first kappa shape index (κ1) is 19.5. The van der Waals surface area contributed by atoms with Gasteiger partial charge in [0.05, 0.1) is 16.6 Å². The summed E-state index contributed by atoms with van der Waals surface area (Å²) in [6.07, 6.45) is 2.09. The summed E-state index contributed by atoms with van der Waals surface area (Å²) < 4.78 is 42.0. The number of benzene rings is 2. The molecule has 1 aliphatic rings. The molecule has 0 radical (unpaired) electrons. The third-order valence-electron chi connectivity index (χ3n) is 4.50. The minimum Gasteiger partial charge on any atom is -0.323 e. The summed E-state index contributed by atoms with van der Waals surface area (Å²) in [5, 5.41) is 6.54. The largest absolute Gasteiger partial charge is 0.323 e. The number of nitrogens with zero attached hydrogens (tertiary/aromatic N) is 3. The van der Waals surface area contributed by atoms with Gasteiger partial charge in [0.2, 0.25) is 11.1 Å². The SMILES string of the molecule is C[C@@H](Sc1nc(C2CC2)n(-c2ccccc2)n1)C(=O)Nc1ccc(F)c(F)c1F. The number of rotatable bonds is 6. The van der Waals surface area contributed by atoms with Crippen LogP contribution in [-0.4, -0.2) is 25.9 Å². The molecule has 1 heterocycles. The zero-order valence-electron chi connectivity index (χ0n) is 15.4. The molecule has 1 aliphatic carbocycles. The van der Waals surface area contributed by atoms with Crippen molar-refractivity contribution < 1.29 is 18.0 Å². The fraction of sp³-hybridized carbons (Fsp3) is 0.250. The fourth-order valence-electron chi connectivity index (χ4n) is 2.79. The molecule has 29 heavy (non-hydrogen) atoms. The highest BCUT2D eigenvalue weighted by Gasteiger charge is 2.31. The molecule has 0 aliphatic heterocycles. The van der Waals surface area contributed by atoms with Crippen molar-refractivity contribution in [3.63, 3.8) is 0 Å². The number of anilines is 1. The second kappa shape index (κ2) is 7.90. The summed E-state index contributed by atoms with van der Waals surface area (Å²) in [5.74, 6) is -3.75. The molecule has 1 amide bonds. The van der Waals surface area contributed by atoms with Crippen LogP contribution in [0.15, 0.2) is 47.6 Å². The molecule has 0 saturated heterocycles. The van der Waals surface area contributed by atoms with Gasteiger partial charge in [-0.25, -0.2) is 22.8 Å². The lowest BCUT2D eigenvalue weighted by Gasteiger charge is -2.11. The molecule has 0 bridgehead atoms. The van der Waals surface area contributed by atoms with Crippen LogP contribution in [-0.2, 0) is 4.79 Å². The van der Waals surface area contributed by atoms with Gasteiger partial charge in [0.1, 0.15) is 5.82 Å². The highest BCUT2D eigenvalue weighted by Crippen LogP contribution is 2.40. The van der Waals surface area contributed by atoms with E-state index >= 15 is 0 Å². The van der Waals surface area contributed by atoms with Crippen molar-refractivity contribution in [1.82, 2.24) is 14.8 Å². The van der Waals surface area contributed by atoms with Crippen LogP contribution in [0.1, 0.15) is 31.5 Å². The quantitative estimate of drug-likeness (QED) is 0.466. The Balaban J connectivity index is 1.50. The lowest BCUT2D eigenvalue weighted by Crippen LogP contribution is -2.23. The molecule has 0 unspecified atom stereocenters. The van der Waals surface area contributed by atoms with Crippen LogP contribution in [0.5, 0.6) is 0 Å². The van der Waals surface area contributed by atoms with Crippen LogP contribution in [0.25, 0.3) is 5.69 Å². The predicted molar refractivity (Wildman–Crippen MR) is 104 cm³/mol. The van der Waals surface area contributed by atoms with Crippen molar-refractivity contribution in [2.75, 3.05) is 5.32 Å². The second-order valence-corrected chi connectivity index (χ2v) is 8.05. The van der Waals surface area contributed by atoms with Crippen LogP contribution in [0.3, 0.4) is 0 Å². The number of thioether (sulfide) groups is 1. The highest BCUT2D eigenvalue weighted by atomic mass is 32.2. The van der Waals surface area contributed by atoms with Crippen molar-refractivity contribution in [1.29, 1.82) is 0 Å². The van der Waals surface area contributed by atoms with E-state index in [1.807, 2.05) is 30.3 Å². The Labute approximate surface area is 169 Å². The van der Waals surface area contributed by atoms with E-state index in [9.17, 15) is 18.0 Å². The van der Waals surface area contributed by atoms with E-state index in [1.165, 1.54) is 0 Å². The third kappa shape index (κ3) is 4.14. The Morgan fingerprint density at radius 3 is 2.55 bits per heavy atom. The first-order chi connectivity index (χ1) is 13.9. The van der Waals surface area contributed by atoms with E-state index < -0.39 is 34.3 Å². The minimum atomic E-state index is -1.62. The van der Waals surface area contributed by atoms with E-state index in [4.69, 9.17) is 0 Å². The van der Waals surface area contributed by atoms with Crippen molar-refractivity contribution in [2.45, 2.75) is 36.1 Å². The molecular weight excluding hydrogens is 401 g/mol. The van der Waals surface area contributed by atoms with E-state index in [0.717, 1.165) is 48.2 Å². The number of aromatic nitrogens is 3. The van der Waals surface area contributed by atoms with Gasteiger partial charge in [-0.05, 0) is 44.0 Å². The highest BCUT2D eigenvalue weighted by molar-refractivity contribution is 8.00. The molecule has 0 spiro atoms. The minimum absolute atomic E-state index is 0.345. The first-order valence-electron chi connectivity index (χ1n) is 9.07. The van der Waals surface area contributed by atoms with Gasteiger partial charge in [-0.15, -0.1) is 5.10 Å². The zero-order valence-corrected chi connectivity index (χ0v) is 16.2. The smallest absolute Gasteiger partial charge is 0.237 e. The van der Waals surface area contributed by atoms with Gasteiger partial charge in [0.15, 0.2) is 17.5 Å². The standard InChI is InChI=1S/C20H17F3N4OS/c1-11(19(28)24-15-10-9-14(21)16(22)17(15)23)29-20-25-18(12-7-8-12)27(26-20)13-5-3-2-4-6-13/h2-6,9-12H,7-8H2,1H3,(H,24,28)/t11-/m1/s1. The van der Waals surface area contributed by atoms with Gasteiger partial charge >= 0.3 is 0 Å². The molecular formula is C20H17F3N4OS. The van der Waals surface area contributed by atoms with Gasteiger partial charge in [-0.1, -0.05) is 30.0 Å². The number of carbonyl (C=O) groups is 1. The fourth-order valence-corrected chi connectivity index (χ4v) is 3.55. The lowest BCUT2D eigenvalue weighted by atomic mass is 10.2. The number of para-hydroxylation sites is 1. The number of nitrogens with one attached hydrogen (secondary N) is 1. The number of hydrogen-bond acceptors (Lipinski definition) is 4. The summed E-state index contributed by atoms with van der Waals surface area (Å²) in [7, 11) is 0. The van der Waals surface area contributed by atoms with Crippen LogP contribution < -0.4 is 5.32 Å². The molecule has 1 atom stereocenters. The summed E-state index contributed by atoms with van der Waals surface area (Å²) in [5.41, 5.74) is 0.470. The summed E-state index contributed by atoms with van der Waals surface area (Å²) in [4.78, 5) is 17.0. The molecule has 5 nitrogen and oxygen atoms in total. The Kier molecular flexibility index (Phi) is 5.31. The lowest BCUT2D eigenvalue weighted by molar-refractivity contribution is -0.115. The summed E-state index contributed by atoms with van der Waals surface area (Å²) in [6.45, 7) is 1.61. The molecule has 1 N–H and O–H groups in total. The van der Waals surface area contributed by atoms with Gasteiger partial charge in [0.25, 0.3) is 0 Å². The monoisotopic (exact) mass is 418 g/mol. The average molecular weight is 418 g/mol. The molecule has 150 valence electrons. The Bertz CT molecular complexity index is 1050. The van der Waals surface area contributed by atoms with E-state index in [1.54, 1.807) is 11.6 Å². The number of amides is 1. The Morgan fingerprint density at radius 1 is 1.14 bits per heavy atom. The number of halogens is 3. The van der Waals surface area contributed by atoms with Crippen molar-refractivity contribution in [2.24, 2.45) is 0 Å². The molecule has 1 fully saturated rings. The van der Waals surface area contributed by atoms with E-state index in [-0.39, 0.29) is 0 Å². The maximum absolute atomic E-state index is 13.8. The summed E-state index contributed by atoms with van der Waals surface area (Å²) >= 11 is 1.11. The molecule has 2 aromatic carbocycles. The van der Waals surface area contributed by atoms with Gasteiger partial charge in [0, 0.05) is 5.92 Å². The number of hydrogen-bond donors (Lipinski definition) is 1. The van der Waals surface area contributed by atoms with Gasteiger partial charge < -0.3 is 5.32 Å². The van der Waals surface area contributed by atoms with Crippen LogP contribution in [0, 0.1) is 17.5 Å². The van der Waals surface area contributed by atoms with Crippen molar-refractivity contribution in [3.05, 3.63) is 65.7 Å². The average Bonchev–Trinajstić information content (AvgIpc) is 3.49. The van der Waals surface area contributed by atoms with Crippen molar-refractivity contribution >= 4 is 23.4 Å². The number of carbonyl (C=O) groups excluding carboxylic acids is 1. The van der Waals surface area contributed by atoms with Crippen molar-refractivity contribution in [3.8, 4) is 5.69 Å². The second-order valence-electron chi connectivity index (χ2n) is 6.75. The Morgan fingerprint density at radius 2 is 1.86 bits per heavy atom. The maximum Gasteiger partial charge on any atom is 0.237 e. The zero-order chi connectivity index (χ0) is 20.5. The van der Waals surface area contributed by atoms with Crippen LogP contribution >= 0.6 is 11.8 Å². The molecule has 9 heteroatoms. The van der Waals surface area contributed by atoms with E-state index in [0.29, 0.717) is 11.1 Å². The normalized spacial score (nSPS) is 14.6. The molecule has 1 aromatic heterocycles. The Hall–Kier alpha value is -2.81. The molecule has 4 rings (SSSR count). The topological polar surface area (TPSA) is 59.8 Å². The van der Waals surface area contributed by atoms with Gasteiger partial charge in [-0.3, -0.25) is 4.79 Å². The van der Waals surface area contributed by atoms with Crippen LogP contribution in [0.4, 0.5) is 18.9 Å². The maximum atomic E-state index is 13.8. The molecule has 3 aromatic rings. The molecule has 1 saturated carbocycles. The van der Waals surface area contributed by atoms with E-state index in [2.05, 4.69) is 15.4 Å². The van der Waals surface area contributed by atoms with Crippen LogP contribution in [0.2, 0.25) is 0 Å². The summed E-state index contributed by atoms with van der Waals surface area (Å²) in [6, 6.07) is 11.3.